The lowest BCUT2D eigenvalue weighted by Gasteiger charge is -2.22. The van der Waals surface area contributed by atoms with Crippen molar-refractivity contribution < 1.29 is 9.90 Å². The molecule has 14 heavy (non-hydrogen) atoms. The van der Waals surface area contributed by atoms with Gasteiger partial charge in [-0.05, 0) is 20.8 Å². The quantitative estimate of drug-likeness (QED) is 0.717. The summed E-state index contributed by atoms with van der Waals surface area (Å²) in [4.78, 5) is 25.2. The van der Waals surface area contributed by atoms with Gasteiger partial charge in [0, 0.05) is 11.7 Å². The Morgan fingerprint density at radius 1 is 1.50 bits per heavy atom. The minimum atomic E-state index is -1.25. The minimum Gasteiger partial charge on any atom is -0.477 e. The van der Waals surface area contributed by atoms with E-state index in [0.717, 1.165) is 0 Å². The standard InChI is InChI=1S/C9H12N2O3/c1-9(2,3)11-4-6(8(13)14)7(12)10-5-11/h4-5H,1-3H3,(H,13,14). The number of nitrogens with zero attached hydrogens (tertiary/aromatic N) is 2. The van der Waals surface area contributed by atoms with Gasteiger partial charge in [-0.1, -0.05) is 0 Å². The molecular formula is C9H12N2O3. The number of aromatic nitrogens is 2. The van der Waals surface area contributed by atoms with E-state index >= 15 is 0 Å². The third-order valence-corrected chi connectivity index (χ3v) is 1.80. The summed E-state index contributed by atoms with van der Waals surface area (Å²) in [5.41, 5.74) is -1.30. The van der Waals surface area contributed by atoms with Gasteiger partial charge in [-0.25, -0.2) is 4.79 Å². The molecule has 0 saturated heterocycles. The lowest BCUT2D eigenvalue weighted by atomic mass is 10.1. The highest BCUT2D eigenvalue weighted by atomic mass is 16.4. The Bertz CT molecular complexity index is 415. The van der Waals surface area contributed by atoms with Gasteiger partial charge in [-0.3, -0.25) is 4.79 Å². The molecule has 0 amide bonds. The molecule has 0 radical (unpaired) electrons. The fourth-order valence-electron chi connectivity index (χ4n) is 0.925. The fourth-order valence-corrected chi connectivity index (χ4v) is 0.925. The summed E-state index contributed by atoms with van der Waals surface area (Å²) < 4.78 is 1.60. The van der Waals surface area contributed by atoms with Crippen LogP contribution in [0, 0.1) is 0 Å². The van der Waals surface area contributed by atoms with Crippen molar-refractivity contribution >= 4 is 5.97 Å². The second kappa shape index (κ2) is 3.25. The van der Waals surface area contributed by atoms with Crippen molar-refractivity contribution in [1.29, 1.82) is 0 Å². The van der Waals surface area contributed by atoms with E-state index in [1.54, 1.807) is 4.57 Å². The molecular weight excluding hydrogens is 184 g/mol. The zero-order valence-electron chi connectivity index (χ0n) is 8.31. The van der Waals surface area contributed by atoms with Crippen LogP contribution in [-0.2, 0) is 5.54 Å². The molecule has 1 N–H and O–H groups in total. The third-order valence-electron chi connectivity index (χ3n) is 1.80. The van der Waals surface area contributed by atoms with Crippen LogP contribution in [0.3, 0.4) is 0 Å². The SMILES string of the molecule is CC(C)(C)n1cnc(=O)c(C(=O)O)c1. The summed E-state index contributed by atoms with van der Waals surface area (Å²) >= 11 is 0. The molecule has 1 heterocycles. The van der Waals surface area contributed by atoms with Crippen molar-refractivity contribution in [3.63, 3.8) is 0 Å². The molecule has 0 aliphatic rings. The molecule has 0 aromatic carbocycles. The lowest BCUT2D eigenvalue weighted by molar-refractivity contribution is 0.0693. The molecule has 0 fully saturated rings. The monoisotopic (exact) mass is 196 g/mol. The smallest absolute Gasteiger partial charge is 0.342 e. The summed E-state index contributed by atoms with van der Waals surface area (Å²) in [6, 6.07) is 0. The van der Waals surface area contributed by atoms with Crippen molar-refractivity contribution in [3.05, 3.63) is 28.4 Å². The number of carboxylic acids is 1. The highest BCUT2D eigenvalue weighted by Gasteiger charge is 2.16. The number of carboxylic acid groups (broad SMARTS) is 1. The van der Waals surface area contributed by atoms with Gasteiger partial charge >= 0.3 is 5.97 Å². The second-order valence-corrected chi connectivity index (χ2v) is 3.98. The summed E-state index contributed by atoms with van der Waals surface area (Å²) in [5, 5.41) is 8.70. The topological polar surface area (TPSA) is 72.2 Å². The van der Waals surface area contributed by atoms with Crippen LogP contribution in [-0.4, -0.2) is 20.6 Å². The van der Waals surface area contributed by atoms with Gasteiger partial charge < -0.3 is 9.67 Å². The van der Waals surface area contributed by atoms with E-state index in [1.807, 2.05) is 20.8 Å². The molecule has 0 aliphatic heterocycles. The predicted octanol–water partition coefficient (Wildman–Crippen LogP) is 0.696. The summed E-state index contributed by atoms with van der Waals surface area (Å²) in [6.45, 7) is 5.68. The number of carbonyl (C=O) groups is 1. The summed E-state index contributed by atoms with van der Waals surface area (Å²) in [6.07, 6.45) is 2.65. The fraction of sp³-hybridized carbons (Fsp3) is 0.444. The Hall–Kier alpha value is -1.65. The van der Waals surface area contributed by atoms with E-state index in [4.69, 9.17) is 5.11 Å². The largest absolute Gasteiger partial charge is 0.477 e. The summed E-state index contributed by atoms with van der Waals surface area (Å²) in [5.74, 6) is -1.25. The zero-order valence-corrected chi connectivity index (χ0v) is 8.31. The maximum absolute atomic E-state index is 11.0. The van der Waals surface area contributed by atoms with Gasteiger partial charge in [-0.15, -0.1) is 0 Å². The van der Waals surface area contributed by atoms with Gasteiger partial charge in [0.2, 0.25) is 0 Å². The molecule has 0 aliphatic carbocycles. The number of rotatable bonds is 1. The van der Waals surface area contributed by atoms with E-state index < -0.39 is 11.5 Å². The highest BCUT2D eigenvalue weighted by molar-refractivity contribution is 5.86. The summed E-state index contributed by atoms with van der Waals surface area (Å²) in [7, 11) is 0. The van der Waals surface area contributed by atoms with Crippen LogP contribution in [0.5, 0.6) is 0 Å². The second-order valence-electron chi connectivity index (χ2n) is 3.98. The van der Waals surface area contributed by atoms with Crippen molar-refractivity contribution in [2.24, 2.45) is 0 Å². The Balaban J connectivity index is 3.34. The maximum Gasteiger partial charge on any atom is 0.342 e. The van der Waals surface area contributed by atoms with Crippen LogP contribution in [0.15, 0.2) is 17.3 Å². The molecule has 1 rings (SSSR count). The van der Waals surface area contributed by atoms with E-state index in [1.165, 1.54) is 12.5 Å². The van der Waals surface area contributed by atoms with E-state index in [9.17, 15) is 9.59 Å². The first kappa shape index (κ1) is 10.4. The van der Waals surface area contributed by atoms with Gasteiger partial charge in [0.15, 0.2) is 0 Å². The normalized spacial score (nSPS) is 11.4. The van der Waals surface area contributed by atoms with Crippen molar-refractivity contribution in [2.75, 3.05) is 0 Å². The Morgan fingerprint density at radius 3 is 2.50 bits per heavy atom. The molecule has 0 unspecified atom stereocenters. The van der Waals surface area contributed by atoms with Crippen LogP contribution < -0.4 is 5.56 Å². The van der Waals surface area contributed by atoms with E-state index in [-0.39, 0.29) is 11.1 Å². The van der Waals surface area contributed by atoms with Gasteiger partial charge in [-0.2, -0.15) is 4.98 Å². The Morgan fingerprint density at radius 2 is 2.07 bits per heavy atom. The van der Waals surface area contributed by atoms with Crippen molar-refractivity contribution in [3.8, 4) is 0 Å². The van der Waals surface area contributed by atoms with Gasteiger partial charge in [0.1, 0.15) is 5.56 Å². The highest BCUT2D eigenvalue weighted by Crippen LogP contribution is 2.11. The van der Waals surface area contributed by atoms with Gasteiger partial charge in [0.05, 0.1) is 6.33 Å². The van der Waals surface area contributed by atoms with Crippen LogP contribution in [0.4, 0.5) is 0 Å². The van der Waals surface area contributed by atoms with Crippen LogP contribution >= 0.6 is 0 Å². The van der Waals surface area contributed by atoms with Crippen LogP contribution in [0.2, 0.25) is 0 Å². The number of hydrogen-bond donors (Lipinski definition) is 1. The molecule has 0 saturated carbocycles. The van der Waals surface area contributed by atoms with E-state index in [0.29, 0.717) is 0 Å². The lowest BCUT2D eigenvalue weighted by Crippen LogP contribution is -2.27. The Kier molecular flexibility index (Phi) is 2.42. The zero-order chi connectivity index (χ0) is 10.9. The first-order valence-corrected chi connectivity index (χ1v) is 4.14. The molecule has 1 aromatic heterocycles. The molecule has 5 nitrogen and oxygen atoms in total. The first-order valence-electron chi connectivity index (χ1n) is 4.14. The first-order chi connectivity index (χ1) is 6.32. The molecule has 0 atom stereocenters. The van der Waals surface area contributed by atoms with Crippen molar-refractivity contribution in [1.82, 2.24) is 9.55 Å². The average molecular weight is 196 g/mol. The third kappa shape index (κ3) is 1.99. The molecule has 1 aromatic rings. The Labute approximate surface area is 81.0 Å². The maximum atomic E-state index is 11.0. The molecule has 0 spiro atoms. The van der Waals surface area contributed by atoms with Gasteiger partial charge in [0.25, 0.3) is 5.56 Å². The minimum absolute atomic E-state index is 0.287. The number of aromatic carboxylic acids is 1. The van der Waals surface area contributed by atoms with E-state index in [2.05, 4.69) is 4.98 Å². The predicted molar refractivity (Wildman–Crippen MR) is 50.5 cm³/mol. The average Bonchev–Trinajstić information content (AvgIpc) is 2.02. The molecule has 76 valence electrons. The molecule has 5 heteroatoms. The van der Waals surface area contributed by atoms with Crippen LogP contribution in [0.25, 0.3) is 0 Å². The molecule has 0 bridgehead atoms. The van der Waals surface area contributed by atoms with Crippen molar-refractivity contribution in [2.45, 2.75) is 26.3 Å². The van der Waals surface area contributed by atoms with Crippen LogP contribution in [0.1, 0.15) is 31.1 Å². The number of hydrogen-bond acceptors (Lipinski definition) is 3.